The molecule has 0 aromatic heterocycles. The molecule has 4 aromatic carbocycles. The molecule has 2 aliphatic rings. The largest absolute Gasteiger partial charge is 0.494 e. The van der Waals surface area contributed by atoms with Crippen LogP contribution in [-0.2, 0) is 27.9 Å². The molecule has 0 fully saturated rings. The Balaban J connectivity index is 1.06. The van der Waals surface area contributed by atoms with Crippen LogP contribution in [0, 0.1) is 0 Å². The van der Waals surface area contributed by atoms with Gasteiger partial charge < -0.3 is 19.1 Å². The lowest BCUT2D eigenvalue weighted by Gasteiger charge is -2.29. The molecule has 0 N–H and O–H groups in total. The Morgan fingerprint density at radius 2 is 1.19 bits per heavy atom. The number of carbonyl (C=O) groups is 1. The van der Waals surface area contributed by atoms with E-state index in [9.17, 15) is 4.79 Å². The zero-order valence-electron chi connectivity index (χ0n) is 31.4. The predicted octanol–water partition coefficient (Wildman–Crippen LogP) is 11.4. The van der Waals surface area contributed by atoms with E-state index in [4.69, 9.17) is 24.0 Å². The van der Waals surface area contributed by atoms with E-state index in [1.54, 1.807) is 6.08 Å². The number of carbonyl (C=O) groups excluding carboxylic acids is 1. The van der Waals surface area contributed by atoms with Gasteiger partial charge in [0, 0.05) is 22.6 Å². The van der Waals surface area contributed by atoms with E-state index < -0.39 is 5.97 Å². The maximum atomic E-state index is 13.2. The molecule has 2 aliphatic carbocycles. The Morgan fingerprint density at radius 1 is 0.642 bits per heavy atom. The molecule has 53 heavy (non-hydrogen) atoms. The third-order valence-corrected chi connectivity index (χ3v) is 10.4. The Hall–Kier alpha value is -4.81. The second-order valence-corrected chi connectivity index (χ2v) is 14.1. The number of ether oxygens (including phenoxy) is 3. The van der Waals surface area contributed by atoms with Gasteiger partial charge >= 0.3 is 5.97 Å². The van der Waals surface area contributed by atoms with Crippen molar-refractivity contribution in [2.75, 3.05) is 19.8 Å². The van der Waals surface area contributed by atoms with Crippen LogP contribution in [0.4, 0.5) is 0 Å². The fourth-order valence-electron chi connectivity index (χ4n) is 7.67. The van der Waals surface area contributed by atoms with E-state index >= 15 is 0 Å². The smallest absolute Gasteiger partial charge is 0.336 e. The monoisotopic (exact) mass is 714 g/mol. The number of fused-ring (bicyclic) bond motifs is 4. The van der Waals surface area contributed by atoms with Crippen molar-refractivity contribution in [2.24, 2.45) is 0 Å². The molecular formula is C47H54O6. The van der Waals surface area contributed by atoms with Crippen LogP contribution < -0.4 is 19.1 Å². The fraction of sp³-hybridized carbons (Fsp3) is 0.383. The number of hydrogen-bond donors (Lipinski definition) is 0. The van der Waals surface area contributed by atoms with Crippen molar-refractivity contribution >= 4 is 18.1 Å². The molecule has 1 spiro atoms. The highest BCUT2D eigenvalue weighted by Gasteiger charge is 2.48. The first-order valence-electron chi connectivity index (χ1n) is 19.7. The van der Waals surface area contributed by atoms with E-state index in [2.05, 4.69) is 26.0 Å². The third-order valence-electron chi connectivity index (χ3n) is 10.4. The molecule has 4 aromatic rings. The Morgan fingerprint density at radius 3 is 1.77 bits per heavy atom. The highest BCUT2D eigenvalue weighted by molar-refractivity contribution is 5.89. The molecule has 0 amide bonds. The van der Waals surface area contributed by atoms with Crippen molar-refractivity contribution in [3.63, 3.8) is 0 Å². The number of unbranched alkanes of at least 4 members (excludes halogenated alkanes) is 6. The second kappa shape index (κ2) is 19.3. The van der Waals surface area contributed by atoms with Crippen LogP contribution in [0.1, 0.15) is 111 Å². The summed E-state index contributed by atoms with van der Waals surface area (Å²) < 4.78 is 17.8. The summed E-state index contributed by atoms with van der Waals surface area (Å²) in [6, 6.07) is 28.2. The number of benzene rings is 4. The second-order valence-electron chi connectivity index (χ2n) is 14.1. The number of hydrogen-bond acceptors (Lipinski definition) is 6. The van der Waals surface area contributed by atoms with Crippen LogP contribution in [0.5, 0.6) is 23.0 Å². The molecule has 6 nitrogen and oxygen atoms in total. The summed E-state index contributed by atoms with van der Waals surface area (Å²) in [5.74, 6) is 2.66. The molecule has 6 rings (SSSR count). The number of aryl methyl sites for hydroxylation is 2. The van der Waals surface area contributed by atoms with Gasteiger partial charge in [-0.3, -0.25) is 0 Å². The average molecular weight is 715 g/mol. The van der Waals surface area contributed by atoms with E-state index in [0.29, 0.717) is 12.4 Å². The van der Waals surface area contributed by atoms with Gasteiger partial charge in [0.05, 0.1) is 13.2 Å². The molecule has 0 bridgehead atoms. The quantitative estimate of drug-likeness (QED) is 0.0227. The van der Waals surface area contributed by atoms with Gasteiger partial charge in [0.2, 0.25) is 0 Å². The van der Waals surface area contributed by atoms with Gasteiger partial charge in [-0.1, -0.05) is 113 Å². The van der Waals surface area contributed by atoms with Crippen LogP contribution in [0.15, 0.2) is 97.1 Å². The molecule has 1 atom stereocenters. The van der Waals surface area contributed by atoms with E-state index in [0.717, 1.165) is 91.2 Å². The van der Waals surface area contributed by atoms with Crippen LogP contribution >= 0.6 is 0 Å². The van der Waals surface area contributed by atoms with Crippen LogP contribution in [0.25, 0.3) is 12.2 Å². The van der Waals surface area contributed by atoms with Crippen molar-refractivity contribution < 1.29 is 28.8 Å². The van der Waals surface area contributed by atoms with E-state index in [-0.39, 0.29) is 5.41 Å². The normalized spacial score (nSPS) is 16.0. The van der Waals surface area contributed by atoms with Crippen molar-refractivity contribution in [1.29, 1.82) is 0 Å². The summed E-state index contributed by atoms with van der Waals surface area (Å²) >= 11 is 0. The fourth-order valence-corrected chi connectivity index (χ4v) is 7.67. The average Bonchev–Trinajstić information content (AvgIpc) is 3.76. The zero-order valence-corrected chi connectivity index (χ0v) is 31.4. The first-order chi connectivity index (χ1) is 26.1. The minimum atomic E-state index is -0.404. The van der Waals surface area contributed by atoms with Crippen molar-refractivity contribution in [2.45, 2.75) is 96.3 Å². The standard InChI is InChI=1S/C47H54O6/c1-3-5-7-9-33-49-40-24-19-36(20-25-40)14-13-35-51-53-43-18-12-16-39-30-32-47(46(39)43)31-29-38-15-11-17-42(45(38)47)52-44(48)28-23-37-21-26-41(27-22-37)50-34-10-8-6-4-2/h11-28H,3-10,29-35H2,1-2H3/b14-13+,28-23?. The summed E-state index contributed by atoms with van der Waals surface area (Å²) in [5, 5.41) is 0. The molecule has 1 unspecified atom stereocenters. The van der Waals surface area contributed by atoms with E-state index in [1.165, 1.54) is 55.7 Å². The maximum absolute atomic E-state index is 13.2. The van der Waals surface area contributed by atoms with Gasteiger partial charge in [-0.15, -0.1) is 0 Å². The van der Waals surface area contributed by atoms with Gasteiger partial charge in [0.1, 0.15) is 23.9 Å². The summed E-state index contributed by atoms with van der Waals surface area (Å²) in [4.78, 5) is 25.0. The highest BCUT2D eigenvalue weighted by atomic mass is 17.2. The van der Waals surface area contributed by atoms with Gasteiger partial charge in [-0.25, -0.2) is 4.79 Å². The molecule has 0 aliphatic heterocycles. The van der Waals surface area contributed by atoms with Gasteiger partial charge in [-0.2, -0.15) is 4.89 Å². The van der Waals surface area contributed by atoms with Crippen LogP contribution in [0.2, 0.25) is 0 Å². The minimum Gasteiger partial charge on any atom is -0.494 e. The number of rotatable bonds is 20. The van der Waals surface area contributed by atoms with Gasteiger partial charge in [0.15, 0.2) is 5.75 Å². The lowest BCUT2D eigenvalue weighted by molar-refractivity contribution is -0.196. The Labute approximate surface area is 315 Å². The molecule has 278 valence electrons. The van der Waals surface area contributed by atoms with Gasteiger partial charge in [-0.05, 0) is 103 Å². The Kier molecular flexibility index (Phi) is 13.8. The lowest BCUT2D eigenvalue weighted by atomic mass is 9.76. The Bertz CT molecular complexity index is 1820. The van der Waals surface area contributed by atoms with Crippen LogP contribution in [0.3, 0.4) is 0 Å². The molecule has 0 radical (unpaired) electrons. The number of esters is 1. The third kappa shape index (κ3) is 10.00. The van der Waals surface area contributed by atoms with Gasteiger partial charge in [0.25, 0.3) is 0 Å². The predicted molar refractivity (Wildman–Crippen MR) is 213 cm³/mol. The molecule has 0 saturated heterocycles. The minimum absolute atomic E-state index is 0.299. The van der Waals surface area contributed by atoms with Crippen molar-refractivity contribution in [1.82, 2.24) is 0 Å². The van der Waals surface area contributed by atoms with Crippen molar-refractivity contribution in [3.05, 3.63) is 130 Å². The first-order valence-corrected chi connectivity index (χ1v) is 19.7. The molecular weight excluding hydrogens is 661 g/mol. The molecule has 0 saturated carbocycles. The summed E-state index contributed by atoms with van der Waals surface area (Å²) in [6.45, 7) is 6.20. The molecule has 6 heteroatoms. The lowest BCUT2D eigenvalue weighted by Crippen LogP contribution is -2.24. The molecule has 0 heterocycles. The van der Waals surface area contributed by atoms with E-state index in [1.807, 2.05) is 84.9 Å². The maximum Gasteiger partial charge on any atom is 0.336 e. The SMILES string of the molecule is CCCCCCOc1ccc(C=CC(=O)Oc2cccc3c2C2(CCc4cccc(OOC/C=C/c5ccc(OCCCCCC)cc5)c42)CC3)cc1. The zero-order chi connectivity index (χ0) is 36.7. The van der Waals surface area contributed by atoms with Crippen LogP contribution in [-0.4, -0.2) is 25.8 Å². The first kappa shape index (κ1) is 37.9. The highest BCUT2D eigenvalue weighted by Crippen LogP contribution is 2.57. The summed E-state index contributed by atoms with van der Waals surface area (Å²) in [6.07, 6.45) is 20.4. The summed E-state index contributed by atoms with van der Waals surface area (Å²) in [5.41, 5.74) is 6.35. The van der Waals surface area contributed by atoms with Crippen molar-refractivity contribution in [3.8, 4) is 23.0 Å². The topological polar surface area (TPSA) is 63.2 Å². The summed E-state index contributed by atoms with van der Waals surface area (Å²) in [7, 11) is 0.